The van der Waals surface area contributed by atoms with Gasteiger partial charge in [-0.3, -0.25) is 4.79 Å². The predicted molar refractivity (Wildman–Crippen MR) is 126 cm³/mol. The Balaban J connectivity index is 1.22. The number of amides is 1. The van der Waals surface area contributed by atoms with E-state index in [1.165, 1.54) is 7.11 Å². The topological polar surface area (TPSA) is 86.3 Å². The highest BCUT2D eigenvalue weighted by atomic mass is 16.6. The number of esters is 1. The Hall–Kier alpha value is -3.26. The Morgan fingerprint density at radius 3 is 2.82 bits per heavy atom. The number of carbonyl (C=O) groups is 2. The number of ether oxygens (including phenoxy) is 4. The van der Waals surface area contributed by atoms with E-state index >= 15 is 0 Å². The van der Waals surface area contributed by atoms with Crippen molar-refractivity contribution >= 4 is 12.1 Å². The summed E-state index contributed by atoms with van der Waals surface area (Å²) in [6.45, 7) is 3.31. The van der Waals surface area contributed by atoms with Crippen LogP contribution in [0.25, 0.3) is 0 Å². The van der Waals surface area contributed by atoms with Gasteiger partial charge in [0.05, 0.1) is 20.3 Å². The fourth-order valence-corrected chi connectivity index (χ4v) is 4.29. The van der Waals surface area contributed by atoms with Crippen molar-refractivity contribution in [3.8, 4) is 11.5 Å². The number of piperazine rings is 1. The van der Waals surface area contributed by atoms with Crippen LogP contribution in [0.4, 0.5) is 4.79 Å². The van der Waals surface area contributed by atoms with Gasteiger partial charge in [0.25, 0.3) is 0 Å². The summed E-state index contributed by atoms with van der Waals surface area (Å²) in [4.78, 5) is 25.7. The lowest BCUT2D eigenvalue weighted by atomic mass is 9.96. The molecule has 2 aliphatic heterocycles. The number of methoxy groups -OCH3 is 1. The van der Waals surface area contributed by atoms with Crippen LogP contribution in [0.2, 0.25) is 0 Å². The molecule has 2 aliphatic rings. The van der Waals surface area contributed by atoms with Crippen molar-refractivity contribution in [2.24, 2.45) is 0 Å². The molecule has 0 saturated carbocycles. The Labute approximate surface area is 200 Å². The lowest BCUT2D eigenvalue weighted by Crippen LogP contribution is -2.53. The molecule has 0 radical (unpaired) electrons. The number of fused-ring (bicyclic) bond motifs is 1. The van der Waals surface area contributed by atoms with Crippen molar-refractivity contribution in [3.05, 3.63) is 59.7 Å². The molecule has 1 fully saturated rings. The summed E-state index contributed by atoms with van der Waals surface area (Å²) < 4.78 is 22.0. The first-order chi connectivity index (χ1) is 16.6. The molecule has 0 spiro atoms. The van der Waals surface area contributed by atoms with Gasteiger partial charge in [-0.1, -0.05) is 30.3 Å². The van der Waals surface area contributed by atoms with Crippen LogP contribution in [-0.4, -0.2) is 63.0 Å². The lowest BCUT2D eigenvalue weighted by molar-refractivity contribution is -0.140. The molecular formula is C26H32N2O6. The fourth-order valence-electron chi connectivity index (χ4n) is 4.29. The number of nitrogens with one attached hydrogen (secondary N) is 1. The number of nitrogens with zero attached hydrogens (tertiary/aromatic N) is 1. The van der Waals surface area contributed by atoms with Crippen LogP contribution >= 0.6 is 0 Å². The van der Waals surface area contributed by atoms with E-state index < -0.39 is 0 Å². The molecule has 1 amide bonds. The molecule has 182 valence electrons. The van der Waals surface area contributed by atoms with E-state index in [9.17, 15) is 9.59 Å². The average Bonchev–Trinajstić information content (AvgIpc) is 3.29. The second kappa shape index (κ2) is 11.7. The number of hydrogen-bond donors (Lipinski definition) is 1. The maximum atomic E-state index is 12.5. The van der Waals surface area contributed by atoms with Crippen LogP contribution in [0.1, 0.15) is 36.3 Å². The van der Waals surface area contributed by atoms with Crippen molar-refractivity contribution < 1.29 is 28.5 Å². The highest BCUT2D eigenvalue weighted by Gasteiger charge is 2.26. The van der Waals surface area contributed by atoms with Gasteiger partial charge in [0, 0.05) is 43.6 Å². The van der Waals surface area contributed by atoms with Crippen molar-refractivity contribution in [1.29, 1.82) is 0 Å². The quantitative estimate of drug-likeness (QED) is 0.564. The summed E-state index contributed by atoms with van der Waals surface area (Å²) in [6.07, 6.45) is 1.53. The number of carbonyl (C=O) groups excluding carboxylic acids is 2. The van der Waals surface area contributed by atoms with Crippen molar-refractivity contribution in [3.63, 3.8) is 0 Å². The Kier molecular flexibility index (Phi) is 8.25. The van der Waals surface area contributed by atoms with Gasteiger partial charge >= 0.3 is 12.1 Å². The van der Waals surface area contributed by atoms with Gasteiger partial charge in [-0.25, -0.2) is 4.79 Å². The lowest BCUT2D eigenvalue weighted by Gasteiger charge is -2.33. The highest BCUT2D eigenvalue weighted by molar-refractivity contribution is 5.69. The van der Waals surface area contributed by atoms with Crippen LogP contribution in [-0.2, 0) is 20.9 Å². The Bertz CT molecular complexity index is 967. The van der Waals surface area contributed by atoms with Crippen LogP contribution in [0.3, 0.4) is 0 Å². The Morgan fingerprint density at radius 1 is 1.15 bits per heavy atom. The summed E-state index contributed by atoms with van der Waals surface area (Å²) in [6, 6.07) is 15.7. The smallest absolute Gasteiger partial charge is 0.410 e. The first-order valence-electron chi connectivity index (χ1n) is 11.8. The summed E-state index contributed by atoms with van der Waals surface area (Å²) in [5, 5.41) is 3.45. The van der Waals surface area contributed by atoms with Gasteiger partial charge < -0.3 is 29.2 Å². The molecule has 2 aromatic carbocycles. The summed E-state index contributed by atoms with van der Waals surface area (Å²) >= 11 is 0. The van der Waals surface area contributed by atoms with Gasteiger partial charge in [0.2, 0.25) is 0 Å². The minimum absolute atomic E-state index is 0.142. The first kappa shape index (κ1) is 23.9. The maximum absolute atomic E-state index is 12.5. The Morgan fingerprint density at radius 2 is 2.00 bits per heavy atom. The summed E-state index contributed by atoms with van der Waals surface area (Å²) in [5.74, 6) is 1.58. The molecule has 1 N–H and O–H groups in total. The second-order valence-electron chi connectivity index (χ2n) is 8.60. The van der Waals surface area contributed by atoms with Crippen LogP contribution in [0, 0.1) is 0 Å². The van der Waals surface area contributed by atoms with E-state index in [-0.39, 0.29) is 30.6 Å². The maximum Gasteiger partial charge on any atom is 0.410 e. The molecule has 4 rings (SSSR count). The van der Waals surface area contributed by atoms with Crippen LogP contribution in [0.15, 0.2) is 48.5 Å². The van der Waals surface area contributed by atoms with E-state index in [1.54, 1.807) is 4.90 Å². The zero-order chi connectivity index (χ0) is 23.8. The SMILES string of the molecule is COC(=O)CCC1COc2ccc(OCC[C@@H]3CN(C(=O)OCc4ccccc4)CCN3)cc21. The second-order valence-corrected chi connectivity index (χ2v) is 8.60. The number of hydrogen-bond acceptors (Lipinski definition) is 7. The minimum atomic E-state index is -0.284. The molecule has 0 aromatic heterocycles. The van der Waals surface area contributed by atoms with E-state index in [2.05, 4.69) is 5.32 Å². The van der Waals surface area contributed by atoms with E-state index in [1.807, 2.05) is 48.5 Å². The third-order valence-electron chi connectivity index (χ3n) is 6.24. The zero-order valence-corrected chi connectivity index (χ0v) is 19.5. The standard InChI is InChI=1S/C26H32N2O6/c1-31-25(29)10-7-20-18-33-24-9-8-22(15-23(20)24)32-14-11-21-16-28(13-12-27-21)26(30)34-17-19-5-3-2-4-6-19/h2-6,8-9,15,20-21,27H,7,10-14,16-18H2,1H3/t20?,21-/m1/s1. The van der Waals surface area contributed by atoms with Gasteiger partial charge in [0.15, 0.2) is 0 Å². The molecule has 2 aromatic rings. The summed E-state index contributed by atoms with van der Waals surface area (Å²) in [7, 11) is 1.40. The molecule has 8 heteroatoms. The zero-order valence-electron chi connectivity index (χ0n) is 19.5. The molecule has 0 aliphatic carbocycles. The van der Waals surface area contributed by atoms with Gasteiger partial charge in [-0.2, -0.15) is 0 Å². The molecule has 2 heterocycles. The van der Waals surface area contributed by atoms with Gasteiger partial charge in [-0.05, 0) is 36.6 Å². The molecule has 34 heavy (non-hydrogen) atoms. The van der Waals surface area contributed by atoms with Crippen molar-refractivity contribution in [1.82, 2.24) is 10.2 Å². The molecule has 8 nitrogen and oxygen atoms in total. The van der Waals surface area contributed by atoms with E-state index in [0.717, 1.165) is 35.6 Å². The molecule has 0 bridgehead atoms. The molecular weight excluding hydrogens is 436 g/mol. The van der Waals surface area contributed by atoms with Crippen molar-refractivity contribution in [2.75, 3.05) is 40.0 Å². The van der Waals surface area contributed by atoms with Crippen molar-refractivity contribution in [2.45, 2.75) is 37.8 Å². The highest BCUT2D eigenvalue weighted by Crippen LogP contribution is 2.38. The van der Waals surface area contributed by atoms with Crippen LogP contribution < -0.4 is 14.8 Å². The average molecular weight is 469 g/mol. The van der Waals surface area contributed by atoms with E-state index in [4.69, 9.17) is 18.9 Å². The minimum Gasteiger partial charge on any atom is -0.494 e. The fraction of sp³-hybridized carbons (Fsp3) is 0.462. The van der Waals surface area contributed by atoms with Crippen LogP contribution in [0.5, 0.6) is 11.5 Å². The normalized spacial score (nSPS) is 19.1. The predicted octanol–water partition coefficient (Wildman–Crippen LogP) is 3.50. The summed E-state index contributed by atoms with van der Waals surface area (Å²) in [5.41, 5.74) is 2.05. The van der Waals surface area contributed by atoms with Gasteiger partial charge in [-0.15, -0.1) is 0 Å². The van der Waals surface area contributed by atoms with Gasteiger partial charge in [0.1, 0.15) is 18.1 Å². The number of benzene rings is 2. The molecule has 2 atom stereocenters. The van der Waals surface area contributed by atoms with E-state index in [0.29, 0.717) is 39.1 Å². The third-order valence-corrected chi connectivity index (χ3v) is 6.24. The number of rotatable bonds is 9. The monoisotopic (exact) mass is 468 g/mol. The largest absolute Gasteiger partial charge is 0.494 e. The molecule has 1 unspecified atom stereocenters. The third kappa shape index (κ3) is 6.41. The first-order valence-corrected chi connectivity index (χ1v) is 11.8. The molecule has 1 saturated heterocycles.